The van der Waals surface area contributed by atoms with Crippen LogP contribution in [-0.4, -0.2) is 61.3 Å². The molecule has 0 bridgehead atoms. The first-order valence-corrected chi connectivity index (χ1v) is 19.9. The van der Waals surface area contributed by atoms with E-state index >= 15 is 0 Å². The van der Waals surface area contributed by atoms with E-state index in [0.717, 1.165) is 37.7 Å². The van der Waals surface area contributed by atoms with Crippen molar-refractivity contribution in [3.8, 4) is 0 Å². The molecule has 5 saturated carbocycles. The van der Waals surface area contributed by atoms with E-state index in [2.05, 4.69) is 27.7 Å². The molecule has 48 heavy (non-hydrogen) atoms. The SMILES string of the molecule is CC(C)C1=C2CCCC[C@@H]2C2=C3[C@H](CCC2)C[C@@H]([C@H]2CC[C@@]4(O)C5=CC(=O)[C@@H]6C[C@@H](O)[C@@H](O)C[C@]6(C)[C@H]5CC[C@]24C)[C@@](O)(CCCO)[C@@H]13. The number of carbonyl (C=O) groups excluding carboxylic acids is 1. The molecule has 8 aliphatic rings. The number of ketones is 1. The summed E-state index contributed by atoms with van der Waals surface area (Å²) < 4.78 is 0. The molecular weight excluding hydrogens is 600 g/mol. The van der Waals surface area contributed by atoms with Gasteiger partial charge in [-0.05, 0) is 143 Å². The van der Waals surface area contributed by atoms with Crippen molar-refractivity contribution in [1.29, 1.82) is 0 Å². The van der Waals surface area contributed by atoms with Gasteiger partial charge in [-0.1, -0.05) is 56.4 Å². The molecule has 8 aliphatic carbocycles. The highest BCUT2D eigenvalue weighted by atomic mass is 16.3. The van der Waals surface area contributed by atoms with E-state index in [1.165, 1.54) is 44.1 Å². The molecule has 266 valence electrons. The van der Waals surface area contributed by atoms with Gasteiger partial charge in [-0.3, -0.25) is 4.79 Å². The average Bonchev–Trinajstić information content (AvgIpc) is 3.33. The van der Waals surface area contributed by atoms with Gasteiger partial charge in [-0.15, -0.1) is 0 Å². The number of allylic oxidation sites excluding steroid dienone is 3. The Bertz CT molecular complexity index is 1430. The van der Waals surface area contributed by atoms with Gasteiger partial charge in [0.25, 0.3) is 0 Å². The van der Waals surface area contributed by atoms with Crippen molar-refractivity contribution in [3.63, 3.8) is 0 Å². The van der Waals surface area contributed by atoms with Crippen LogP contribution in [-0.2, 0) is 4.79 Å². The highest BCUT2D eigenvalue weighted by molar-refractivity contribution is 5.95. The third-order valence-corrected chi connectivity index (χ3v) is 16.5. The maximum Gasteiger partial charge on any atom is 0.159 e. The molecule has 5 N–H and O–H groups in total. The van der Waals surface area contributed by atoms with E-state index < -0.39 is 34.2 Å². The van der Waals surface area contributed by atoms with Gasteiger partial charge in [0.1, 0.15) is 0 Å². The monoisotopic (exact) mass is 662 g/mol. The van der Waals surface area contributed by atoms with Gasteiger partial charge in [-0.25, -0.2) is 0 Å². The maximum atomic E-state index is 13.8. The maximum absolute atomic E-state index is 13.8. The van der Waals surface area contributed by atoms with Gasteiger partial charge in [0.05, 0.1) is 23.4 Å². The van der Waals surface area contributed by atoms with Gasteiger partial charge < -0.3 is 25.5 Å². The fourth-order valence-corrected chi connectivity index (χ4v) is 14.5. The van der Waals surface area contributed by atoms with Gasteiger partial charge in [0, 0.05) is 29.8 Å². The molecule has 0 aliphatic heterocycles. The Morgan fingerprint density at radius 3 is 2.40 bits per heavy atom. The third kappa shape index (κ3) is 4.43. The molecule has 0 heterocycles. The Hall–Kier alpha value is -1.31. The van der Waals surface area contributed by atoms with Crippen molar-refractivity contribution < 1.29 is 30.3 Å². The van der Waals surface area contributed by atoms with Crippen molar-refractivity contribution in [2.75, 3.05) is 6.61 Å². The Morgan fingerprint density at radius 1 is 0.875 bits per heavy atom. The van der Waals surface area contributed by atoms with E-state index in [4.69, 9.17) is 0 Å². The van der Waals surface area contributed by atoms with Crippen molar-refractivity contribution in [1.82, 2.24) is 0 Å². The molecule has 0 saturated heterocycles. The van der Waals surface area contributed by atoms with Crippen molar-refractivity contribution in [2.24, 2.45) is 58.2 Å². The number of aliphatic hydroxyl groups excluding tert-OH is 3. The quantitative estimate of drug-likeness (QED) is 0.212. The predicted molar refractivity (Wildman–Crippen MR) is 185 cm³/mol. The molecule has 0 aromatic rings. The number of hydrogen-bond donors (Lipinski definition) is 5. The van der Waals surface area contributed by atoms with E-state index in [9.17, 15) is 30.3 Å². The zero-order chi connectivity index (χ0) is 34.0. The molecule has 6 heteroatoms. The lowest BCUT2D eigenvalue weighted by atomic mass is 9.43. The second-order valence-electron chi connectivity index (χ2n) is 18.7. The van der Waals surface area contributed by atoms with Crippen molar-refractivity contribution in [3.05, 3.63) is 33.9 Å². The van der Waals surface area contributed by atoms with Crippen molar-refractivity contribution in [2.45, 2.75) is 154 Å². The largest absolute Gasteiger partial charge is 0.396 e. The lowest BCUT2D eigenvalue weighted by Gasteiger charge is -2.63. The van der Waals surface area contributed by atoms with Gasteiger partial charge in [0.2, 0.25) is 0 Å². The van der Waals surface area contributed by atoms with Crippen LogP contribution in [0, 0.1) is 58.2 Å². The summed E-state index contributed by atoms with van der Waals surface area (Å²) in [6, 6.07) is 0. The van der Waals surface area contributed by atoms with Crippen LogP contribution in [0.5, 0.6) is 0 Å². The number of fused-ring (bicyclic) bond motifs is 7. The summed E-state index contributed by atoms with van der Waals surface area (Å²) in [4.78, 5) is 13.8. The molecule has 0 aromatic heterocycles. The topological polar surface area (TPSA) is 118 Å². The Kier molecular flexibility index (Phi) is 8.17. The molecule has 5 fully saturated rings. The predicted octanol–water partition coefficient (Wildman–Crippen LogP) is 6.58. The molecular formula is C42H62O6. The average molecular weight is 663 g/mol. The zero-order valence-corrected chi connectivity index (χ0v) is 30.0. The van der Waals surface area contributed by atoms with Crippen LogP contribution in [0.2, 0.25) is 0 Å². The Labute approximate surface area is 288 Å². The van der Waals surface area contributed by atoms with E-state index in [0.29, 0.717) is 43.4 Å². The number of rotatable bonds is 5. The second kappa shape index (κ2) is 11.6. The summed E-state index contributed by atoms with van der Waals surface area (Å²) in [6.45, 7) is 9.13. The molecule has 13 atom stereocenters. The van der Waals surface area contributed by atoms with E-state index in [-0.39, 0.29) is 48.4 Å². The van der Waals surface area contributed by atoms with Crippen LogP contribution >= 0.6 is 0 Å². The summed E-state index contributed by atoms with van der Waals surface area (Å²) >= 11 is 0. The van der Waals surface area contributed by atoms with Crippen LogP contribution in [0.15, 0.2) is 33.9 Å². The summed E-state index contributed by atoms with van der Waals surface area (Å²) in [6.07, 6.45) is 14.3. The van der Waals surface area contributed by atoms with Crippen LogP contribution in [0.4, 0.5) is 0 Å². The first kappa shape index (κ1) is 33.8. The first-order valence-electron chi connectivity index (χ1n) is 19.9. The summed E-state index contributed by atoms with van der Waals surface area (Å²) in [5, 5.41) is 58.2. The van der Waals surface area contributed by atoms with Crippen LogP contribution in [0.1, 0.15) is 130 Å². The van der Waals surface area contributed by atoms with Gasteiger partial charge in [-0.2, -0.15) is 0 Å². The van der Waals surface area contributed by atoms with Crippen LogP contribution in [0.25, 0.3) is 0 Å². The smallest absolute Gasteiger partial charge is 0.159 e. The summed E-state index contributed by atoms with van der Waals surface area (Å²) in [7, 11) is 0. The first-order chi connectivity index (χ1) is 22.8. The molecule has 8 rings (SSSR count). The highest BCUT2D eigenvalue weighted by Gasteiger charge is 2.70. The molecule has 0 amide bonds. The normalized spacial score (nSPS) is 50.0. The number of carbonyl (C=O) groups is 1. The fourth-order valence-electron chi connectivity index (χ4n) is 14.5. The third-order valence-electron chi connectivity index (χ3n) is 16.5. The Morgan fingerprint density at radius 2 is 1.65 bits per heavy atom. The van der Waals surface area contributed by atoms with Gasteiger partial charge in [0.15, 0.2) is 5.78 Å². The number of hydrogen-bond acceptors (Lipinski definition) is 6. The molecule has 0 radical (unpaired) electrons. The minimum atomic E-state index is -1.14. The van der Waals surface area contributed by atoms with Crippen LogP contribution < -0.4 is 0 Å². The molecule has 0 aromatic carbocycles. The fraction of sp³-hybridized carbons (Fsp3) is 0.833. The second-order valence-corrected chi connectivity index (χ2v) is 18.7. The lowest BCUT2D eigenvalue weighted by molar-refractivity contribution is -0.166. The summed E-state index contributed by atoms with van der Waals surface area (Å²) in [5.41, 5.74) is 4.15. The highest BCUT2D eigenvalue weighted by Crippen LogP contribution is 2.71. The van der Waals surface area contributed by atoms with Gasteiger partial charge >= 0.3 is 0 Å². The minimum Gasteiger partial charge on any atom is -0.396 e. The van der Waals surface area contributed by atoms with Crippen LogP contribution in [0.3, 0.4) is 0 Å². The minimum absolute atomic E-state index is 0.00194. The molecule has 6 nitrogen and oxygen atoms in total. The zero-order valence-electron chi connectivity index (χ0n) is 30.0. The molecule has 0 unspecified atom stereocenters. The molecule has 0 spiro atoms. The number of aliphatic hydroxyl groups is 5. The summed E-state index contributed by atoms with van der Waals surface area (Å²) in [5.74, 6) is 1.14. The van der Waals surface area contributed by atoms with Crippen molar-refractivity contribution >= 4 is 5.78 Å². The van der Waals surface area contributed by atoms with E-state index in [1.54, 1.807) is 22.8 Å². The lowest BCUT2D eigenvalue weighted by Crippen LogP contribution is -2.63. The standard InChI is InChI=1S/C42H62O6/c1-23(2)36-26-11-6-5-10-25(26)27-12-7-9-24-19-30(41(47,15-8-18-43)38(36)37(24)27)29-14-17-42(48)31-20-33(44)32-21-34(45)35(46)22-39(32,3)28(31)13-16-40(29,42)4/h20,23-25,28-30,32,34-35,38,43,45-48H,5-19,21-22H2,1-4H3/t24-,25+,28+,29-,30+,32+,34-,35+,38+,39-,40-,41+,42-/m1/s1. The Balaban J connectivity index is 1.22. The van der Waals surface area contributed by atoms with E-state index in [1.807, 2.05) is 0 Å².